The van der Waals surface area contributed by atoms with Crippen LogP contribution in [0.15, 0.2) is 48.7 Å². The molecule has 2 aliphatic heterocycles. The zero-order valence-electron chi connectivity index (χ0n) is 32.0. The van der Waals surface area contributed by atoms with E-state index in [1.165, 1.54) is 11.3 Å². The van der Waals surface area contributed by atoms with E-state index in [0.717, 1.165) is 27.4 Å². The van der Waals surface area contributed by atoms with E-state index in [-0.39, 0.29) is 18.3 Å². The second kappa shape index (κ2) is 14.3. The number of para-hydroxylation sites is 1. The predicted molar refractivity (Wildman–Crippen MR) is 210 cm³/mol. The van der Waals surface area contributed by atoms with Gasteiger partial charge in [0.25, 0.3) is 5.91 Å². The van der Waals surface area contributed by atoms with Crippen LogP contribution in [0.4, 0.5) is 10.9 Å². The molecule has 0 unspecified atom stereocenters. The van der Waals surface area contributed by atoms with Gasteiger partial charge in [-0.2, -0.15) is 0 Å². The molecule has 0 bridgehead atoms. The Morgan fingerprint density at radius 2 is 1.71 bits per heavy atom. The van der Waals surface area contributed by atoms with Gasteiger partial charge in [-0.3, -0.25) is 14.7 Å². The number of ether oxygens (including phenoxy) is 2. The standard InChI is InChI=1S/C38H50BN5O6SSi/c1-36(2,3)48-34(46)32-27(39-49-37(4,5)38(6,7)50-39)15-16-30(42-32)43-20-18-25-17-19-40-31(26(25)23-43)33(45)44(24-47-21-22-52(8,9)10)35-41-28-13-11-12-14-29(28)51-35/h11-17,19H,18,20-24H2,1-10H3. The maximum atomic E-state index is 14.5. The van der Waals surface area contributed by atoms with Gasteiger partial charge in [0, 0.05) is 45.0 Å². The number of benzene rings is 1. The van der Waals surface area contributed by atoms with Crippen LogP contribution in [0.2, 0.25) is 25.7 Å². The van der Waals surface area contributed by atoms with E-state index in [1.807, 2.05) is 90.9 Å². The highest BCUT2D eigenvalue weighted by Gasteiger charge is 2.53. The second-order valence-electron chi connectivity index (χ2n) is 16.7. The summed E-state index contributed by atoms with van der Waals surface area (Å²) in [7, 11) is -2.14. The number of hydrogen-bond donors (Lipinski definition) is 0. The molecule has 1 fully saturated rings. The van der Waals surface area contributed by atoms with Crippen LogP contribution < -0.4 is 15.3 Å². The van der Waals surface area contributed by atoms with E-state index >= 15 is 0 Å². The van der Waals surface area contributed by atoms with Gasteiger partial charge in [-0.05, 0) is 90.8 Å². The Kier molecular flexibility index (Phi) is 10.4. The van der Waals surface area contributed by atoms with Crippen molar-refractivity contribution >= 4 is 65.0 Å². The van der Waals surface area contributed by atoms with Gasteiger partial charge in [0.15, 0.2) is 10.8 Å². The number of rotatable bonds is 10. The van der Waals surface area contributed by atoms with Crippen molar-refractivity contribution in [1.82, 2.24) is 15.0 Å². The summed E-state index contributed by atoms with van der Waals surface area (Å²) in [6, 6.07) is 14.5. The van der Waals surface area contributed by atoms with Crippen molar-refractivity contribution in [3.05, 3.63) is 71.2 Å². The Hall–Kier alpha value is -3.69. The molecule has 0 aliphatic carbocycles. The molecule has 0 saturated carbocycles. The van der Waals surface area contributed by atoms with Crippen molar-refractivity contribution in [3.63, 3.8) is 0 Å². The first-order valence-corrected chi connectivity index (χ1v) is 22.4. The molecule has 2 aliphatic rings. The number of anilines is 2. The fourth-order valence-corrected chi connectivity index (χ4v) is 7.68. The van der Waals surface area contributed by atoms with Crippen LogP contribution in [-0.2, 0) is 31.7 Å². The zero-order chi connectivity index (χ0) is 37.6. The average molecular weight is 744 g/mol. The van der Waals surface area contributed by atoms with Crippen LogP contribution >= 0.6 is 11.3 Å². The molecule has 3 aromatic heterocycles. The largest absolute Gasteiger partial charge is 0.497 e. The molecule has 4 aromatic rings. The number of amides is 1. The Morgan fingerprint density at radius 1 is 1.00 bits per heavy atom. The predicted octanol–water partition coefficient (Wildman–Crippen LogP) is 6.86. The molecule has 1 aromatic carbocycles. The van der Waals surface area contributed by atoms with Crippen molar-refractivity contribution in [2.45, 2.75) is 104 Å². The van der Waals surface area contributed by atoms with Crippen molar-refractivity contribution in [2.75, 3.05) is 29.7 Å². The molecule has 14 heteroatoms. The molecule has 276 valence electrons. The minimum atomic E-state index is -1.34. The van der Waals surface area contributed by atoms with E-state index in [0.29, 0.717) is 48.2 Å². The first-order valence-electron chi connectivity index (χ1n) is 17.9. The van der Waals surface area contributed by atoms with E-state index in [9.17, 15) is 9.59 Å². The molecule has 11 nitrogen and oxygen atoms in total. The Morgan fingerprint density at radius 3 is 2.38 bits per heavy atom. The summed E-state index contributed by atoms with van der Waals surface area (Å²) in [5.74, 6) is -0.259. The van der Waals surface area contributed by atoms with Crippen LogP contribution in [0.25, 0.3) is 10.2 Å². The third-order valence-corrected chi connectivity index (χ3v) is 12.4. The molecule has 0 N–H and O–H groups in total. The number of esters is 1. The first kappa shape index (κ1) is 38.0. The highest BCUT2D eigenvalue weighted by molar-refractivity contribution is 7.22. The molecular weight excluding hydrogens is 693 g/mol. The molecule has 0 radical (unpaired) electrons. The van der Waals surface area contributed by atoms with Gasteiger partial charge in [-0.25, -0.2) is 14.8 Å². The van der Waals surface area contributed by atoms with Gasteiger partial charge in [0.2, 0.25) is 0 Å². The van der Waals surface area contributed by atoms with Gasteiger partial charge < -0.3 is 23.7 Å². The zero-order valence-corrected chi connectivity index (χ0v) is 33.8. The van der Waals surface area contributed by atoms with Gasteiger partial charge in [0.05, 0.1) is 21.4 Å². The SMILES string of the molecule is CC(C)(C)OC(=O)c1nc(N2CCc3ccnc(C(=O)N(COCC[Si](C)(C)C)c4nc5ccccc5s4)c3C2)ccc1B1OC(C)(C)C(C)(C)O1. The topological polar surface area (TPSA) is 116 Å². The molecule has 5 heterocycles. The van der Waals surface area contributed by atoms with Crippen LogP contribution in [0.1, 0.15) is 80.6 Å². The maximum Gasteiger partial charge on any atom is 0.497 e. The molecule has 0 spiro atoms. The van der Waals surface area contributed by atoms with Gasteiger partial charge in [-0.15, -0.1) is 0 Å². The van der Waals surface area contributed by atoms with Crippen LogP contribution in [0.3, 0.4) is 0 Å². The number of pyridine rings is 2. The van der Waals surface area contributed by atoms with Gasteiger partial charge in [0.1, 0.15) is 23.8 Å². The minimum Gasteiger partial charge on any atom is -0.455 e. The summed E-state index contributed by atoms with van der Waals surface area (Å²) in [6.07, 6.45) is 2.36. The van der Waals surface area contributed by atoms with Crippen LogP contribution in [0.5, 0.6) is 0 Å². The lowest BCUT2D eigenvalue weighted by Crippen LogP contribution is -2.41. The Labute approximate surface area is 312 Å². The molecule has 1 saturated heterocycles. The molecular formula is C38H50BN5O6SSi. The van der Waals surface area contributed by atoms with Crippen molar-refractivity contribution in [1.29, 1.82) is 0 Å². The lowest BCUT2D eigenvalue weighted by atomic mass is 9.77. The van der Waals surface area contributed by atoms with E-state index in [1.54, 1.807) is 11.1 Å². The van der Waals surface area contributed by atoms with Gasteiger partial charge in [-0.1, -0.05) is 49.2 Å². The quantitative estimate of drug-likeness (QED) is 0.0739. The van der Waals surface area contributed by atoms with E-state index in [2.05, 4.69) is 29.5 Å². The number of aromatic nitrogens is 3. The van der Waals surface area contributed by atoms with E-state index in [4.69, 9.17) is 28.8 Å². The number of thiazole rings is 1. The lowest BCUT2D eigenvalue weighted by Gasteiger charge is -2.32. The summed E-state index contributed by atoms with van der Waals surface area (Å²) < 4.78 is 25.6. The third-order valence-electron chi connectivity index (χ3n) is 9.67. The first-order chi connectivity index (χ1) is 24.3. The van der Waals surface area contributed by atoms with Gasteiger partial charge >= 0.3 is 13.1 Å². The molecule has 6 rings (SSSR count). The summed E-state index contributed by atoms with van der Waals surface area (Å²) in [6.45, 7) is 21.9. The van der Waals surface area contributed by atoms with Crippen molar-refractivity contribution in [2.24, 2.45) is 0 Å². The molecule has 52 heavy (non-hydrogen) atoms. The number of carbonyl (C=O) groups is 2. The number of hydrogen-bond acceptors (Lipinski definition) is 11. The monoisotopic (exact) mass is 743 g/mol. The van der Waals surface area contributed by atoms with E-state index < -0.39 is 38.0 Å². The van der Waals surface area contributed by atoms with Crippen molar-refractivity contribution in [3.8, 4) is 0 Å². The fraction of sp³-hybridized carbons (Fsp3) is 0.500. The van der Waals surface area contributed by atoms with Crippen LogP contribution in [-0.4, -0.2) is 78.7 Å². The lowest BCUT2D eigenvalue weighted by molar-refractivity contribution is 0.00578. The smallest absolute Gasteiger partial charge is 0.455 e. The number of carbonyl (C=O) groups excluding carboxylic acids is 2. The Balaban J connectivity index is 1.32. The highest BCUT2D eigenvalue weighted by Crippen LogP contribution is 2.37. The van der Waals surface area contributed by atoms with Crippen LogP contribution in [0, 0.1) is 0 Å². The summed E-state index contributed by atoms with van der Waals surface area (Å²) in [5, 5.41) is 0.563. The number of nitrogens with zero attached hydrogens (tertiary/aromatic N) is 5. The second-order valence-corrected chi connectivity index (χ2v) is 23.3. The number of fused-ring (bicyclic) bond motifs is 2. The highest BCUT2D eigenvalue weighted by atomic mass is 32.1. The summed E-state index contributed by atoms with van der Waals surface area (Å²) >= 11 is 1.46. The Bertz CT molecular complexity index is 1920. The van der Waals surface area contributed by atoms with Crippen molar-refractivity contribution < 1.29 is 28.4 Å². The summed E-state index contributed by atoms with van der Waals surface area (Å²) in [4.78, 5) is 46.3. The minimum absolute atomic E-state index is 0.0688. The summed E-state index contributed by atoms with van der Waals surface area (Å²) in [5.41, 5.74) is 1.72. The molecule has 0 atom stereocenters. The average Bonchev–Trinajstić information content (AvgIpc) is 3.58. The third kappa shape index (κ3) is 8.26. The fourth-order valence-electron chi connectivity index (χ4n) is 5.97. The molecule has 1 amide bonds. The maximum absolute atomic E-state index is 14.5. The normalized spacial score (nSPS) is 17.0.